The van der Waals surface area contributed by atoms with Crippen LogP contribution in [0, 0.1) is 0 Å². The van der Waals surface area contributed by atoms with Crippen LogP contribution >= 0.6 is 23.2 Å². The number of carbonyl (C=O) groups is 2. The zero-order valence-electron chi connectivity index (χ0n) is 19.9. The number of benzene rings is 2. The maximum Gasteiger partial charge on any atom is 0.417 e. The number of alkyl halides is 3. The molecule has 2 aromatic rings. The molecule has 0 saturated heterocycles. The summed E-state index contributed by atoms with van der Waals surface area (Å²) in [7, 11) is -4.21. The third kappa shape index (κ3) is 8.01. The second kappa shape index (κ2) is 11.7. The molecule has 0 bridgehead atoms. The van der Waals surface area contributed by atoms with E-state index in [0.29, 0.717) is 21.0 Å². The maximum absolute atomic E-state index is 13.4. The maximum atomic E-state index is 13.4. The summed E-state index contributed by atoms with van der Waals surface area (Å²) in [6, 6.07) is 7.80. The molecule has 2 aromatic carbocycles. The number of amides is 2. The molecule has 198 valence electrons. The van der Waals surface area contributed by atoms with Crippen molar-refractivity contribution in [2.45, 2.75) is 45.6 Å². The van der Waals surface area contributed by atoms with Gasteiger partial charge in [-0.1, -0.05) is 35.3 Å². The van der Waals surface area contributed by atoms with Crippen molar-refractivity contribution in [2.75, 3.05) is 17.1 Å². The molecule has 2 amide bonds. The number of hydrogen-bond donors (Lipinski definition) is 1. The summed E-state index contributed by atoms with van der Waals surface area (Å²) in [5.41, 5.74) is -1.08. The average Bonchev–Trinajstić information content (AvgIpc) is 2.73. The van der Waals surface area contributed by atoms with E-state index in [9.17, 15) is 31.2 Å². The molecule has 36 heavy (non-hydrogen) atoms. The lowest BCUT2D eigenvalue weighted by Crippen LogP contribution is -2.52. The van der Waals surface area contributed by atoms with Gasteiger partial charge in [0.15, 0.2) is 0 Å². The topological polar surface area (TPSA) is 86.8 Å². The highest BCUT2D eigenvalue weighted by atomic mass is 35.5. The highest BCUT2D eigenvalue weighted by molar-refractivity contribution is 7.92. The predicted octanol–water partition coefficient (Wildman–Crippen LogP) is 4.72. The highest BCUT2D eigenvalue weighted by Crippen LogP contribution is 2.37. The van der Waals surface area contributed by atoms with Gasteiger partial charge >= 0.3 is 6.18 Å². The fourth-order valence-corrected chi connectivity index (χ4v) is 4.60. The molecule has 7 nitrogen and oxygen atoms in total. The minimum atomic E-state index is -4.84. The molecule has 0 aliphatic carbocycles. The second-order valence-corrected chi connectivity index (χ2v) is 11.2. The molecule has 0 radical (unpaired) electrons. The monoisotopic (exact) mass is 567 g/mol. The minimum Gasteiger partial charge on any atom is -0.352 e. The van der Waals surface area contributed by atoms with Crippen LogP contribution in [0.15, 0.2) is 42.5 Å². The lowest BCUT2D eigenvalue weighted by atomic mass is 10.1. The van der Waals surface area contributed by atoms with E-state index in [1.54, 1.807) is 38.1 Å². The molecular formula is C23H26Cl2F3N3O4S. The Kier molecular flexibility index (Phi) is 9.66. The number of hydrogen-bond acceptors (Lipinski definition) is 4. The smallest absolute Gasteiger partial charge is 0.352 e. The second-order valence-electron chi connectivity index (χ2n) is 8.42. The van der Waals surface area contributed by atoms with Gasteiger partial charge < -0.3 is 10.2 Å². The summed E-state index contributed by atoms with van der Waals surface area (Å²) in [6.45, 7) is 3.99. The van der Waals surface area contributed by atoms with E-state index in [1.165, 1.54) is 6.92 Å². The Bertz CT molecular complexity index is 1220. The number of carbonyl (C=O) groups excluding carboxylic acids is 2. The van der Waals surface area contributed by atoms with Gasteiger partial charge in [0, 0.05) is 17.6 Å². The third-order valence-electron chi connectivity index (χ3n) is 5.06. The van der Waals surface area contributed by atoms with Crippen molar-refractivity contribution in [1.82, 2.24) is 10.2 Å². The number of nitrogens with zero attached hydrogens (tertiary/aromatic N) is 2. The van der Waals surface area contributed by atoms with Crippen LogP contribution in [0.2, 0.25) is 10.0 Å². The van der Waals surface area contributed by atoms with Gasteiger partial charge in [-0.05, 0) is 56.7 Å². The number of anilines is 1. The average molecular weight is 568 g/mol. The molecule has 1 N–H and O–H groups in total. The van der Waals surface area contributed by atoms with Crippen molar-refractivity contribution >= 4 is 50.7 Å². The minimum absolute atomic E-state index is 0.0991. The van der Waals surface area contributed by atoms with Gasteiger partial charge in [0.1, 0.15) is 12.6 Å². The molecule has 2 rings (SSSR count). The van der Waals surface area contributed by atoms with Crippen LogP contribution in [0.3, 0.4) is 0 Å². The van der Waals surface area contributed by atoms with E-state index >= 15 is 0 Å². The summed E-state index contributed by atoms with van der Waals surface area (Å²) in [5, 5.41) is 2.46. The SMILES string of the molecule is CC(C)NC(=O)[C@H](C)N(Cc1cccc(Cl)c1)C(=O)CN(c1ccc(Cl)c(C(F)(F)F)c1)S(C)(=O)=O. The summed E-state index contributed by atoms with van der Waals surface area (Å²) in [4.78, 5) is 27.2. The lowest BCUT2D eigenvalue weighted by molar-refractivity contribution is -0.139. The zero-order chi connectivity index (χ0) is 27.4. The van der Waals surface area contributed by atoms with Gasteiger partial charge in [-0.25, -0.2) is 8.42 Å². The molecule has 0 unspecified atom stereocenters. The summed E-state index contributed by atoms with van der Waals surface area (Å²) >= 11 is 11.7. The van der Waals surface area contributed by atoms with Gasteiger partial charge in [0.05, 0.1) is 22.5 Å². The van der Waals surface area contributed by atoms with E-state index in [-0.39, 0.29) is 12.6 Å². The zero-order valence-corrected chi connectivity index (χ0v) is 22.3. The lowest BCUT2D eigenvalue weighted by Gasteiger charge is -2.32. The van der Waals surface area contributed by atoms with Crippen LogP contribution in [0.5, 0.6) is 0 Å². The molecule has 0 aliphatic rings. The van der Waals surface area contributed by atoms with Crippen molar-refractivity contribution in [3.05, 3.63) is 63.6 Å². The van der Waals surface area contributed by atoms with Crippen molar-refractivity contribution in [2.24, 2.45) is 0 Å². The molecule has 0 fully saturated rings. The standard InChI is InChI=1S/C23H26Cl2F3N3O4S/c1-14(2)29-22(33)15(3)30(12-16-6-5-7-17(24)10-16)21(32)13-31(36(4,34)35)18-8-9-20(25)19(11-18)23(26,27)28/h5-11,14-15H,12-13H2,1-4H3,(H,29,33)/t15-/m0/s1. The highest BCUT2D eigenvalue weighted by Gasteiger charge is 2.35. The molecule has 0 heterocycles. The molecule has 13 heteroatoms. The van der Waals surface area contributed by atoms with Crippen LogP contribution in [0.25, 0.3) is 0 Å². The predicted molar refractivity (Wildman–Crippen MR) is 133 cm³/mol. The van der Waals surface area contributed by atoms with Gasteiger partial charge in [-0.3, -0.25) is 13.9 Å². The molecule has 0 aromatic heterocycles. The Morgan fingerprint density at radius 1 is 1.06 bits per heavy atom. The quantitative estimate of drug-likeness (QED) is 0.475. The van der Waals surface area contributed by atoms with E-state index in [4.69, 9.17) is 23.2 Å². The van der Waals surface area contributed by atoms with Crippen molar-refractivity contribution < 1.29 is 31.2 Å². The van der Waals surface area contributed by atoms with Crippen LogP contribution in [0.4, 0.5) is 18.9 Å². The van der Waals surface area contributed by atoms with Crippen LogP contribution in [-0.4, -0.2) is 50.0 Å². The molecule has 1 atom stereocenters. The summed E-state index contributed by atoms with van der Waals surface area (Å²) in [6.07, 6.45) is -4.08. The fourth-order valence-electron chi connectivity index (χ4n) is 3.32. The van der Waals surface area contributed by atoms with E-state index in [2.05, 4.69) is 5.32 Å². The van der Waals surface area contributed by atoms with Gasteiger partial charge in [0.25, 0.3) is 0 Å². The van der Waals surface area contributed by atoms with Crippen molar-refractivity contribution in [1.29, 1.82) is 0 Å². The Morgan fingerprint density at radius 3 is 2.22 bits per heavy atom. The fraction of sp³-hybridized carbons (Fsp3) is 0.391. The van der Waals surface area contributed by atoms with Crippen LogP contribution < -0.4 is 9.62 Å². The van der Waals surface area contributed by atoms with E-state index in [0.717, 1.165) is 23.3 Å². The first-order valence-corrected chi connectivity index (χ1v) is 13.3. The third-order valence-corrected chi connectivity index (χ3v) is 6.77. The number of rotatable bonds is 9. The van der Waals surface area contributed by atoms with Crippen LogP contribution in [0.1, 0.15) is 31.9 Å². The van der Waals surface area contributed by atoms with Gasteiger partial charge in [-0.15, -0.1) is 0 Å². The largest absolute Gasteiger partial charge is 0.417 e. The molecular weight excluding hydrogens is 542 g/mol. The number of nitrogens with one attached hydrogen (secondary N) is 1. The Morgan fingerprint density at radius 2 is 1.69 bits per heavy atom. The number of sulfonamides is 1. The van der Waals surface area contributed by atoms with Gasteiger partial charge in [0.2, 0.25) is 21.8 Å². The first kappa shape index (κ1) is 29.7. The first-order chi connectivity index (χ1) is 16.5. The van der Waals surface area contributed by atoms with Crippen molar-refractivity contribution in [3.63, 3.8) is 0 Å². The summed E-state index contributed by atoms with van der Waals surface area (Å²) in [5.74, 6) is -1.30. The molecule has 0 spiro atoms. The summed E-state index contributed by atoms with van der Waals surface area (Å²) < 4.78 is 65.7. The van der Waals surface area contributed by atoms with E-state index < -0.39 is 56.9 Å². The molecule has 0 saturated carbocycles. The number of halogens is 5. The Balaban J connectivity index is 2.48. The Labute approximate surface area is 218 Å². The van der Waals surface area contributed by atoms with Crippen LogP contribution in [-0.2, 0) is 32.3 Å². The molecule has 0 aliphatic heterocycles. The van der Waals surface area contributed by atoms with Crippen molar-refractivity contribution in [3.8, 4) is 0 Å². The van der Waals surface area contributed by atoms with Gasteiger partial charge in [-0.2, -0.15) is 13.2 Å². The Hall–Kier alpha value is -2.50. The normalized spacial score (nSPS) is 12.8. The first-order valence-electron chi connectivity index (χ1n) is 10.7. The van der Waals surface area contributed by atoms with E-state index in [1.807, 2.05) is 0 Å².